The number of rotatable bonds is 11. The fraction of sp³-hybridized carbons (Fsp3) is 0.250. The lowest BCUT2D eigenvalue weighted by Gasteiger charge is -2.23. The Balaban J connectivity index is 1.32. The van der Waals surface area contributed by atoms with Crippen LogP contribution in [0.15, 0.2) is 103 Å². The van der Waals surface area contributed by atoms with Gasteiger partial charge in [0, 0.05) is 17.8 Å². The summed E-state index contributed by atoms with van der Waals surface area (Å²) >= 11 is 0. The molecule has 5 rings (SSSR count). The molecule has 1 aliphatic rings. The highest BCUT2D eigenvalue weighted by molar-refractivity contribution is 5.94. The molecule has 1 unspecified atom stereocenters. The Morgan fingerprint density at radius 2 is 1.42 bits per heavy atom. The van der Waals surface area contributed by atoms with Crippen LogP contribution in [0.4, 0.5) is 5.69 Å². The first kappa shape index (κ1) is 29.6. The van der Waals surface area contributed by atoms with Crippen LogP contribution >= 0.6 is 0 Å². The first-order valence-electron chi connectivity index (χ1n) is 14.8. The smallest absolute Gasteiger partial charge is 0.338 e. The van der Waals surface area contributed by atoms with E-state index in [4.69, 9.17) is 9.84 Å². The summed E-state index contributed by atoms with van der Waals surface area (Å²) in [6.45, 7) is 0.0469. The summed E-state index contributed by atoms with van der Waals surface area (Å²) in [5, 5.41) is 14.7. The third kappa shape index (κ3) is 8.10. The van der Waals surface area contributed by atoms with Crippen molar-refractivity contribution in [2.45, 2.75) is 50.5 Å². The van der Waals surface area contributed by atoms with Crippen LogP contribution in [0.2, 0.25) is 0 Å². The predicted octanol–water partition coefficient (Wildman–Crippen LogP) is 7.36. The lowest BCUT2D eigenvalue weighted by Crippen LogP contribution is -2.26. The maximum absolute atomic E-state index is 13.6. The first-order chi connectivity index (χ1) is 21.0. The number of carbonyl (C=O) groups excluding carboxylic acids is 2. The van der Waals surface area contributed by atoms with E-state index in [0.29, 0.717) is 22.9 Å². The molecule has 0 aliphatic heterocycles. The summed E-state index contributed by atoms with van der Waals surface area (Å²) in [7, 11) is 0. The van der Waals surface area contributed by atoms with Crippen molar-refractivity contribution in [2.24, 2.45) is 0 Å². The van der Waals surface area contributed by atoms with E-state index < -0.39 is 18.0 Å². The fourth-order valence-corrected chi connectivity index (χ4v) is 5.47. The van der Waals surface area contributed by atoms with Crippen molar-refractivity contribution in [1.29, 1.82) is 0 Å². The van der Waals surface area contributed by atoms with E-state index in [2.05, 4.69) is 22.8 Å². The summed E-state index contributed by atoms with van der Waals surface area (Å²) < 4.78 is 5.85. The molecule has 3 N–H and O–H groups in total. The summed E-state index contributed by atoms with van der Waals surface area (Å²) in [4.78, 5) is 36.7. The number of nitrogens with one attached hydrogen (secondary N) is 2. The van der Waals surface area contributed by atoms with E-state index in [1.807, 2.05) is 54.6 Å². The molecule has 0 aromatic heterocycles. The van der Waals surface area contributed by atoms with Crippen LogP contribution < -0.4 is 15.4 Å². The highest BCUT2D eigenvalue weighted by Crippen LogP contribution is 2.34. The minimum Gasteiger partial charge on any atom is -0.481 e. The Bertz CT molecular complexity index is 1510. The normalized spacial score (nSPS) is 14.0. The van der Waals surface area contributed by atoms with Crippen molar-refractivity contribution in [3.8, 4) is 16.9 Å². The lowest BCUT2D eigenvalue weighted by atomic mass is 9.83. The van der Waals surface area contributed by atoms with Gasteiger partial charge < -0.3 is 20.5 Å². The maximum atomic E-state index is 13.6. The van der Waals surface area contributed by atoms with Gasteiger partial charge in [-0.3, -0.25) is 9.59 Å². The molecule has 1 atom stereocenters. The Hall–Kier alpha value is -4.91. The average Bonchev–Trinajstić information content (AvgIpc) is 3.05. The zero-order chi connectivity index (χ0) is 30.0. The summed E-state index contributed by atoms with van der Waals surface area (Å²) in [6.07, 6.45) is 6.03. The summed E-state index contributed by atoms with van der Waals surface area (Å²) in [5.74, 6) is -0.784. The number of ether oxygens (including phenoxy) is 1. The van der Waals surface area contributed by atoms with Crippen molar-refractivity contribution in [3.63, 3.8) is 0 Å². The molecular formula is C36H36N2O5. The third-order valence-electron chi connectivity index (χ3n) is 7.84. The van der Waals surface area contributed by atoms with Crippen molar-refractivity contribution in [3.05, 3.63) is 120 Å². The van der Waals surface area contributed by atoms with Crippen LogP contribution in [-0.2, 0) is 9.59 Å². The van der Waals surface area contributed by atoms with Crippen LogP contribution in [0.25, 0.3) is 11.1 Å². The average molecular weight is 577 g/mol. The minimum absolute atomic E-state index is 0.0469. The second kappa shape index (κ2) is 14.3. The Labute approximate surface area is 251 Å². The van der Waals surface area contributed by atoms with E-state index in [1.54, 1.807) is 36.4 Å². The monoisotopic (exact) mass is 576 g/mol. The van der Waals surface area contributed by atoms with Crippen LogP contribution in [0.1, 0.15) is 72.0 Å². The number of carbonyl (C=O) groups is 3. The van der Waals surface area contributed by atoms with Gasteiger partial charge in [-0.05, 0) is 77.4 Å². The van der Waals surface area contributed by atoms with Crippen LogP contribution in [0, 0.1) is 0 Å². The number of aliphatic carboxylic acids is 1. The van der Waals surface area contributed by atoms with Crippen LogP contribution in [-0.4, -0.2) is 29.5 Å². The molecule has 0 saturated heterocycles. The quantitative estimate of drug-likeness (QED) is 0.127. The Morgan fingerprint density at radius 1 is 0.767 bits per heavy atom. The number of esters is 1. The van der Waals surface area contributed by atoms with Gasteiger partial charge in [0.05, 0.1) is 6.42 Å². The van der Waals surface area contributed by atoms with E-state index in [0.717, 1.165) is 16.7 Å². The van der Waals surface area contributed by atoms with Gasteiger partial charge in [0.25, 0.3) is 5.91 Å². The molecule has 1 fully saturated rings. The van der Waals surface area contributed by atoms with Crippen molar-refractivity contribution < 1.29 is 24.2 Å². The number of anilines is 1. The van der Waals surface area contributed by atoms with Gasteiger partial charge >= 0.3 is 11.9 Å². The van der Waals surface area contributed by atoms with E-state index in [1.165, 1.54) is 37.7 Å². The molecule has 7 nitrogen and oxygen atoms in total. The number of hydrogen-bond donors (Lipinski definition) is 3. The molecule has 0 spiro atoms. The molecule has 4 aromatic rings. The summed E-state index contributed by atoms with van der Waals surface area (Å²) in [6, 6.07) is 31.6. The van der Waals surface area contributed by atoms with Crippen LogP contribution in [0.3, 0.4) is 0 Å². The molecular weight excluding hydrogens is 540 g/mol. The zero-order valence-corrected chi connectivity index (χ0v) is 24.0. The van der Waals surface area contributed by atoms with E-state index in [9.17, 15) is 14.4 Å². The van der Waals surface area contributed by atoms with Gasteiger partial charge in [0.15, 0.2) is 6.04 Å². The Kier molecular flexibility index (Phi) is 9.85. The highest BCUT2D eigenvalue weighted by Gasteiger charge is 2.24. The van der Waals surface area contributed by atoms with Gasteiger partial charge in [-0.2, -0.15) is 0 Å². The van der Waals surface area contributed by atoms with E-state index >= 15 is 0 Å². The highest BCUT2D eigenvalue weighted by atomic mass is 16.5. The number of carboxylic acids is 1. The number of carboxylic acid groups (broad SMARTS) is 1. The van der Waals surface area contributed by atoms with Crippen LogP contribution in [0.5, 0.6) is 5.75 Å². The largest absolute Gasteiger partial charge is 0.481 e. The van der Waals surface area contributed by atoms with Gasteiger partial charge in [0.2, 0.25) is 0 Å². The molecule has 1 saturated carbocycles. The molecule has 0 bridgehead atoms. The van der Waals surface area contributed by atoms with Crippen molar-refractivity contribution in [1.82, 2.24) is 5.32 Å². The summed E-state index contributed by atoms with van der Waals surface area (Å²) in [5.41, 5.74) is 5.22. The third-order valence-corrected chi connectivity index (χ3v) is 7.84. The number of benzene rings is 4. The molecule has 0 heterocycles. The molecule has 43 heavy (non-hydrogen) atoms. The molecule has 220 valence electrons. The first-order valence-corrected chi connectivity index (χ1v) is 14.8. The second-order valence-corrected chi connectivity index (χ2v) is 10.9. The fourth-order valence-electron chi connectivity index (χ4n) is 5.47. The van der Waals surface area contributed by atoms with Gasteiger partial charge in [-0.1, -0.05) is 86.0 Å². The standard InChI is InChI=1S/C36H36N2O5/c39-33(40)23-24-37-35(41)30-15-19-31(20-16-30)38-34(29-13-11-27(12-14-29)25-7-3-1-4-8-25)36(42)43-32-21-17-28(18-22-32)26-9-5-2-6-10-26/h2,5-6,9-22,25,34,38H,1,3-4,7-8,23-24H2,(H,37,41)(H,39,40). The SMILES string of the molecule is O=C(O)CCNC(=O)c1ccc(NC(C(=O)Oc2ccc(-c3ccccc3)cc2)c2ccc(C3CCCCC3)cc2)cc1. The zero-order valence-electron chi connectivity index (χ0n) is 24.0. The maximum Gasteiger partial charge on any atom is 0.338 e. The number of amides is 1. The van der Waals surface area contributed by atoms with E-state index in [-0.39, 0.29) is 18.9 Å². The molecule has 4 aromatic carbocycles. The molecule has 1 amide bonds. The van der Waals surface area contributed by atoms with Gasteiger partial charge in [-0.15, -0.1) is 0 Å². The van der Waals surface area contributed by atoms with Gasteiger partial charge in [0.1, 0.15) is 5.75 Å². The molecule has 0 radical (unpaired) electrons. The Morgan fingerprint density at radius 3 is 2.07 bits per heavy atom. The predicted molar refractivity (Wildman–Crippen MR) is 167 cm³/mol. The van der Waals surface area contributed by atoms with Crippen molar-refractivity contribution >= 4 is 23.5 Å². The van der Waals surface area contributed by atoms with Gasteiger partial charge in [-0.25, -0.2) is 4.79 Å². The number of hydrogen-bond acceptors (Lipinski definition) is 5. The van der Waals surface area contributed by atoms with Crippen molar-refractivity contribution in [2.75, 3.05) is 11.9 Å². The molecule has 1 aliphatic carbocycles. The molecule has 7 heteroatoms. The lowest BCUT2D eigenvalue weighted by molar-refractivity contribution is -0.137. The topological polar surface area (TPSA) is 105 Å². The second-order valence-electron chi connectivity index (χ2n) is 10.9. The minimum atomic E-state index is -0.975.